The average molecular weight is 444 g/mol. The second kappa shape index (κ2) is 10.3. The van der Waals surface area contributed by atoms with Gasteiger partial charge < -0.3 is 14.2 Å². The molecule has 0 saturated heterocycles. The van der Waals surface area contributed by atoms with E-state index in [9.17, 15) is 9.59 Å². The zero-order valence-corrected chi connectivity index (χ0v) is 17.0. The van der Waals surface area contributed by atoms with Gasteiger partial charge in [-0.3, -0.25) is 0 Å². The molecule has 2 rings (SSSR count). The Balaban J connectivity index is 2.32. The molecule has 0 atom stereocenters. The van der Waals surface area contributed by atoms with Gasteiger partial charge in [0.25, 0.3) is 0 Å². The van der Waals surface area contributed by atoms with Gasteiger partial charge in [-0.2, -0.15) is 5.26 Å². The summed E-state index contributed by atoms with van der Waals surface area (Å²) < 4.78 is 16.5. The van der Waals surface area contributed by atoms with E-state index in [2.05, 4.69) is 15.9 Å². The molecule has 2 aromatic rings. The number of nitrogens with zero attached hydrogens (tertiary/aromatic N) is 1. The van der Waals surface area contributed by atoms with Crippen molar-refractivity contribution in [2.45, 2.75) is 13.8 Å². The van der Waals surface area contributed by atoms with E-state index in [1.54, 1.807) is 56.3 Å². The van der Waals surface area contributed by atoms with Gasteiger partial charge in [-0.25, -0.2) is 9.59 Å². The number of ether oxygens (including phenoxy) is 3. The molecule has 0 amide bonds. The monoisotopic (exact) mass is 443 g/mol. The first-order chi connectivity index (χ1) is 13.5. The van der Waals surface area contributed by atoms with Crippen molar-refractivity contribution in [1.82, 2.24) is 0 Å². The summed E-state index contributed by atoms with van der Waals surface area (Å²) in [6, 6.07) is 13.5. The summed E-state index contributed by atoms with van der Waals surface area (Å²) in [6.07, 6.45) is 1.39. The molecular formula is C21H18BrNO5. The normalized spacial score (nSPS) is 10.7. The number of hydrogen-bond donors (Lipinski definition) is 0. The van der Waals surface area contributed by atoms with Crippen molar-refractivity contribution in [3.63, 3.8) is 0 Å². The summed E-state index contributed by atoms with van der Waals surface area (Å²) in [5.41, 5.74) is 0.777. The van der Waals surface area contributed by atoms with Crippen LogP contribution in [0, 0.1) is 11.3 Å². The number of rotatable bonds is 7. The van der Waals surface area contributed by atoms with Gasteiger partial charge in [-0.05, 0) is 65.7 Å². The van der Waals surface area contributed by atoms with Gasteiger partial charge in [0.15, 0.2) is 11.5 Å². The molecule has 7 heteroatoms. The standard InChI is InChI=1S/C21H18BrNO5/c1-3-26-19-12-14(11-15(13-23)20(24)27-4-2)9-10-18(19)28-21(25)16-7-5-6-8-17(16)22/h5-12H,3-4H2,1-2H3/b15-11+. The molecule has 0 saturated carbocycles. The van der Waals surface area contributed by atoms with Crippen LogP contribution in [0.5, 0.6) is 11.5 Å². The Morgan fingerprint density at radius 2 is 1.86 bits per heavy atom. The second-order valence-corrected chi connectivity index (χ2v) is 6.25. The van der Waals surface area contributed by atoms with Crippen molar-refractivity contribution in [2.75, 3.05) is 13.2 Å². The Labute approximate surface area is 171 Å². The van der Waals surface area contributed by atoms with E-state index in [0.717, 1.165) is 0 Å². The summed E-state index contributed by atoms with van der Waals surface area (Å²) >= 11 is 3.32. The third kappa shape index (κ3) is 5.44. The highest BCUT2D eigenvalue weighted by Crippen LogP contribution is 2.31. The molecule has 0 radical (unpaired) electrons. The molecule has 0 aromatic heterocycles. The van der Waals surface area contributed by atoms with E-state index < -0.39 is 11.9 Å². The van der Waals surface area contributed by atoms with Crippen molar-refractivity contribution >= 4 is 33.9 Å². The first-order valence-electron chi connectivity index (χ1n) is 8.52. The number of carbonyl (C=O) groups excluding carboxylic acids is 2. The van der Waals surface area contributed by atoms with Gasteiger partial charge >= 0.3 is 11.9 Å². The van der Waals surface area contributed by atoms with Crippen LogP contribution in [0.4, 0.5) is 0 Å². The zero-order valence-electron chi connectivity index (χ0n) is 15.4. The fraction of sp³-hybridized carbons (Fsp3) is 0.190. The minimum absolute atomic E-state index is 0.137. The third-order valence-corrected chi connectivity index (χ3v) is 4.18. The van der Waals surface area contributed by atoms with Crippen LogP contribution in [0.1, 0.15) is 29.8 Å². The summed E-state index contributed by atoms with van der Waals surface area (Å²) in [4.78, 5) is 24.2. The Morgan fingerprint density at radius 1 is 1.11 bits per heavy atom. The molecule has 0 N–H and O–H groups in total. The topological polar surface area (TPSA) is 85.6 Å². The number of halogens is 1. The Hall–Kier alpha value is -3.11. The lowest BCUT2D eigenvalue weighted by atomic mass is 10.1. The van der Waals surface area contributed by atoms with E-state index >= 15 is 0 Å². The van der Waals surface area contributed by atoms with E-state index in [-0.39, 0.29) is 17.9 Å². The van der Waals surface area contributed by atoms with Crippen LogP contribution in [0.2, 0.25) is 0 Å². The molecule has 0 aliphatic heterocycles. The van der Waals surface area contributed by atoms with Crippen molar-refractivity contribution in [1.29, 1.82) is 5.26 Å². The Bertz CT molecular complexity index is 946. The molecule has 0 fully saturated rings. The second-order valence-electron chi connectivity index (χ2n) is 5.40. The van der Waals surface area contributed by atoms with Gasteiger partial charge in [-0.15, -0.1) is 0 Å². The molecule has 0 aliphatic carbocycles. The fourth-order valence-electron chi connectivity index (χ4n) is 2.26. The van der Waals surface area contributed by atoms with Crippen molar-refractivity contribution in [3.8, 4) is 17.6 Å². The number of carbonyl (C=O) groups is 2. The Kier molecular flexibility index (Phi) is 7.78. The molecule has 144 valence electrons. The number of hydrogen-bond acceptors (Lipinski definition) is 6. The highest BCUT2D eigenvalue weighted by Gasteiger charge is 2.16. The van der Waals surface area contributed by atoms with Crippen LogP contribution < -0.4 is 9.47 Å². The minimum Gasteiger partial charge on any atom is -0.490 e. The summed E-state index contributed by atoms with van der Waals surface area (Å²) in [5, 5.41) is 9.16. The predicted molar refractivity (Wildman–Crippen MR) is 107 cm³/mol. The molecule has 2 aromatic carbocycles. The van der Waals surface area contributed by atoms with Crippen LogP contribution in [0.15, 0.2) is 52.5 Å². The smallest absolute Gasteiger partial charge is 0.348 e. The predicted octanol–water partition coefficient (Wildman–Crippen LogP) is 4.54. The fourth-order valence-corrected chi connectivity index (χ4v) is 2.71. The summed E-state index contributed by atoms with van der Waals surface area (Å²) in [5.74, 6) is -0.694. The zero-order chi connectivity index (χ0) is 20.5. The van der Waals surface area contributed by atoms with Crippen LogP contribution >= 0.6 is 15.9 Å². The van der Waals surface area contributed by atoms with Crippen LogP contribution in [-0.2, 0) is 9.53 Å². The maximum Gasteiger partial charge on any atom is 0.348 e. The molecule has 0 spiro atoms. The largest absolute Gasteiger partial charge is 0.490 e. The van der Waals surface area contributed by atoms with Crippen LogP contribution in [0.25, 0.3) is 6.08 Å². The maximum absolute atomic E-state index is 12.4. The molecule has 0 aliphatic rings. The lowest BCUT2D eigenvalue weighted by Crippen LogP contribution is -2.10. The molecule has 0 bridgehead atoms. The van der Waals surface area contributed by atoms with Crippen molar-refractivity contribution in [2.24, 2.45) is 0 Å². The lowest BCUT2D eigenvalue weighted by Gasteiger charge is -2.12. The molecule has 28 heavy (non-hydrogen) atoms. The number of esters is 2. The van der Waals surface area contributed by atoms with E-state index in [0.29, 0.717) is 28.0 Å². The summed E-state index contributed by atoms with van der Waals surface area (Å²) in [7, 11) is 0. The lowest BCUT2D eigenvalue weighted by molar-refractivity contribution is -0.137. The van der Waals surface area contributed by atoms with E-state index in [1.807, 2.05) is 6.07 Å². The third-order valence-electron chi connectivity index (χ3n) is 3.49. The minimum atomic E-state index is -0.701. The first kappa shape index (κ1) is 21.2. The van der Waals surface area contributed by atoms with Crippen molar-refractivity contribution in [3.05, 3.63) is 63.6 Å². The molecular weight excluding hydrogens is 426 g/mol. The molecule has 0 unspecified atom stereocenters. The van der Waals surface area contributed by atoms with Gasteiger partial charge in [0, 0.05) is 4.47 Å². The van der Waals surface area contributed by atoms with E-state index in [4.69, 9.17) is 19.5 Å². The summed E-state index contributed by atoms with van der Waals surface area (Å²) in [6.45, 7) is 3.97. The van der Waals surface area contributed by atoms with Crippen LogP contribution in [0.3, 0.4) is 0 Å². The maximum atomic E-state index is 12.4. The Morgan fingerprint density at radius 3 is 2.50 bits per heavy atom. The van der Waals surface area contributed by atoms with E-state index in [1.165, 1.54) is 6.08 Å². The highest BCUT2D eigenvalue weighted by atomic mass is 79.9. The highest BCUT2D eigenvalue weighted by molar-refractivity contribution is 9.10. The van der Waals surface area contributed by atoms with Gasteiger partial charge in [0.1, 0.15) is 11.6 Å². The number of nitriles is 1. The molecule has 0 heterocycles. The van der Waals surface area contributed by atoms with Gasteiger partial charge in [0.05, 0.1) is 18.8 Å². The SMILES string of the molecule is CCOC(=O)/C(C#N)=C/c1ccc(OC(=O)c2ccccc2Br)c(OCC)c1. The quantitative estimate of drug-likeness (QED) is 0.270. The molecule has 6 nitrogen and oxygen atoms in total. The first-order valence-corrected chi connectivity index (χ1v) is 9.31. The van der Waals surface area contributed by atoms with Crippen molar-refractivity contribution < 1.29 is 23.8 Å². The van der Waals surface area contributed by atoms with Gasteiger partial charge in [-0.1, -0.05) is 18.2 Å². The van der Waals surface area contributed by atoms with Gasteiger partial charge in [0.2, 0.25) is 0 Å². The number of benzene rings is 2. The van der Waals surface area contributed by atoms with Crippen LogP contribution in [-0.4, -0.2) is 25.2 Å². The average Bonchev–Trinajstić information content (AvgIpc) is 2.68.